The van der Waals surface area contributed by atoms with Crippen LogP contribution >= 0.6 is 11.3 Å². The van der Waals surface area contributed by atoms with Gasteiger partial charge in [0.15, 0.2) is 10.9 Å². The summed E-state index contributed by atoms with van der Waals surface area (Å²) >= 11 is 1.65. The molecule has 3 aromatic rings. The fourth-order valence-electron chi connectivity index (χ4n) is 3.71. The van der Waals surface area contributed by atoms with E-state index < -0.39 is 0 Å². The third kappa shape index (κ3) is 3.80. The molecule has 1 aliphatic rings. The molecule has 0 bridgehead atoms. The van der Waals surface area contributed by atoms with Gasteiger partial charge in [-0.3, -0.25) is 4.79 Å². The van der Waals surface area contributed by atoms with E-state index in [9.17, 15) is 4.79 Å². The summed E-state index contributed by atoms with van der Waals surface area (Å²) in [6.45, 7) is 5.96. The molecule has 0 aliphatic heterocycles. The highest BCUT2D eigenvalue weighted by Gasteiger charge is 2.24. The molecule has 0 atom stereocenters. The van der Waals surface area contributed by atoms with Gasteiger partial charge in [0, 0.05) is 23.2 Å². The van der Waals surface area contributed by atoms with Crippen LogP contribution in [0.1, 0.15) is 48.8 Å². The number of rotatable bonds is 4. The number of thiazole rings is 1. The van der Waals surface area contributed by atoms with E-state index in [4.69, 9.17) is 0 Å². The average molecular weight is 385 g/mol. The van der Waals surface area contributed by atoms with Crippen molar-refractivity contribution >= 4 is 16.5 Å². The number of aromatic nitrogens is 5. The summed E-state index contributed by atoms with van der Waals surface area (Å²) in [7, 11) is 0. The average Bonchev–Trinajstić information content (AvgIpc) is 3.21. The summed E-state index contributed by atoms with van der Waals surface area (Å²) in [6, 6.07) is 5.89. The summed E-state index contributed by atoms with van der Waals surface area (Å²) in [5, 5.41) is 15.7. The van der Waals surface area contributed by atoms with Gasteiger partial charge in [-0.1, -0.05) is 0 Å². The third-order valence-corrected chi connectivity index (χ3v) is 5.92. The van der Waals surface area contributed by atoms with Gasteiger partial charge in [0.05, 0.1) is 17.4 Å². The SMILES string of the molecule is Cc1csc(NC2CCC(n3nc(-n4nc(C)cc4C)ccc3=O)CC2)n1. The largest absolute Gasteiger partial charge is 0.359 e. The van der Waals surface area contributed by atoms with E-state index in [0.29, 0.717) is 11.9 Å². The highest BCUT2D eigenvalue weighted by Crippen LogP contribution is 2.29. The lowest BCUT2D eigenvalue weighted by molar-refractivity contribution is 0.302. The Morgan fingerprint density at radius 3 is 2.48 bits per heavy atom. The number of nitrogens with zero attached hydrogens (tertiary/aromatic N) is 5. The van der Waals surface area contributed by atoms with E-state index in [0.717, 1.165) is 47.9 Å². The summed E-state index contributed by atoms with van der Waals surface area (Å²) in [4.78, 5) is 16.9. The molecule has 3 heterocycles. The molecule has 1 aliphatic carbocycles. The Morgan fingerprint density at radius 2 is 1.85 bits per heavy atom. The Balaban J connectivity index is 1.48. The van der Waals surface area contributed by atoms with Crippen molar-refractivity contribution in [2.24, 2.45) is 0 Å². The van der Waals surface area contributed by atoms with Crippen LogP contribution in [0.3, 0.4) is 0 Å². The predicted octanol–water partition coefficient (Wildman–Crippen LogP) is 3.41. The standard InChI is InChI=1S/C19H24N6OS/c1-12-10-14(3)24(22-12)17-8-9-18(26)25(23-17)16-6-4-15(5-7-16)21-19-20-13(2)11-27-19/h8-11,15-16H,4-7H2,1-3H3,(H,20,21). The number of aryl methyl sites for hydroxylation is 3. The van der Waals surface area contributed by atoms with Crippen LogP contribution in [-0.4, -0.2) is 30.6 Å². The molecule has 1 fully saturated rings. The molecular weight excluding hydrogens is 360 g/mol. The zero-order valence-electron chi connectivity index (χ0n) is 15.8. The van der Waals surface area contributed by atoms with Crippen molar-refractivity contribution in [1.29, 1.82) is 0 Å². The molecule has 0 spiro atoms. The Kier molecular flexibility index (Phi) is 4.82. The second-order valence-corrected chi connectivity index (χ2v) is 8.12. The van der Waals surface area contributed by atoms with E-state index in [1.54, 1.807) is 32.8 Å². The van der Waals surface area contributed by atoms with E-state index >= 15 is 0 Å². The lowest BCUT2D eigenvalue weighted by Crippen LogP contribution is -2.33. The van der Waals surface area contributed by atoms with Gasteiger partial charge >= 0.3 is 0 Å². The number of nitrogens with one attached hydrogen (secondary N) is 1. The molecule has 7 nitrogen and oxygen atoms in total. The molecule has 0 aromatic carbocycles. The van der Waals surface area contributed by atoms with Gasteiger partial charge in [0.25, 0.3) is 5.56 Å². The van der Waals surface area contributed by atoms with Crippen LogP contribution in [0.5, 0.6) is 0 Å². The van der Waals surface area contributed by atoms with Crippen molar-refractivity contribution in [2.45, 2.75) is 58.5 Å². The third-order valence-electron chi connectivity index (χ3n) is 5.03. The number of hydrogen-bond donors (Lipinski definition) is 1. The molecule has 0 amide bonds. The van der Waals surface area contributed by atoms with Gasteiger partial charge in [-0.2, -0.15) is 5.10 Å². The lowest BCUT2D eigenvalue weighted by Gasteiger charge is -2.29. The van der Waals surface area contributed by atoms with Gasteiger partial charge in [-0.05, 0) is 58.6 Å². The molecule has 1 N–H and O–H groups in total. The van der Waals surface area contributed by atoms with E-state index in [1.165, 1.54) is 0 Å². The van der Waals surface area contributed by atoms with Gasteiger partial charge in [0.2, 0.25) is 0 Å². The first-order valence-electron chi connectivity index (χ1n) is 9.32. The molecule has 4 rings (SSSR count). The minimum absolute atomic E-state index is 0.0489. The van der Waals surface area contributed by atoms with Crippen molar-refractivity contribution in [2.75, 3.05) is 5.32 Å². The maximum Gasteiger partial charge on any atom is 0.267 e. The molecule has 0 unspecified atom stereocenters. The van der Waals surface area contributed by atoms with Crippen LogP contribution in [0.25, 0.3) is 5.82 Å². The molecular formula is C19H24N6OS. The lowest BCUT2D eigenvalue weighted by atomic mass is 9.91. The summed E-state index contributed by atoms with van der Waals surface area (Å²) in [5.41, 5.74) is 2.95. The van der Waals surface area contributed by atoms with Gasteiger partial charge in [-0.25, -0.2) is 14.3 Å². The Labute approximate surface area is 162 Å². The summed E-state index contributed by atoms with van der Waals surface area (Å²) in [6.07, 6.45) is 3.86. The minimum atomic E-state index is -0.0489. The smallest absolute Gasteiger partial charge is 0.267 e. The van der Waals surface area contributed by atoms with Gasteiger partial charge in [-0.15, -0.1) is 16.4 Å². The first-order valence-corrected chi connectivity index (χ1v) is 10.2. The molecule has 27 heavy (non-hydrogen) atoms. The van der Waals surface area contributed by atoms with Gasteiger partial charge in [0.1, 0.15) is 0 Å². The molecule has 8 heteroatoms. The quantitative estimate of drug-likeness (QED) is 0.746. The first kappa shape index (κ1) is 17.9. The van der Waals surface area contributed by atoms with Crippen molar-refractivity contribution in [3.63, 3.8) is 0 Å². The number of hydrogen-bond acceptors (Lipinski definition) is 6. The molecule has 142 valence electrons. The predicted molar refractivity (Wildman–Crippen MR) is 107 cm³/mol. The van der Waals surface area contributed by atoms with Crippen molar-refractivity contribution in [3.05, 3.63) is 51.0 Å². The number of anilines is 1. The van der Waals surface area contributed by atoms with Crippen LogP contribution in [0.2, 0.25) is 0 Å². The Morgan fingerprint density at radius 1 is 1.07 bits per heavy atom. The minimum Gasteiger partial charge on any atom is -0.359 e. The van der Waals surface area contributed by atoms with Crippen molar-refractivity contribution in [1.82, 2.24) is 24.5 Å². The van der Waals surface area contributed by atoms with E-state index in [-0.39, 0.29) is 11.6 Å². The van der Waals surface area contributed by atoms with Gasteiger partial charge < -0.3 is 5.32 Å². The second kappa shape index (κ2) is 7.26. The Bertz CT molecular complexity index is 996. The fraction of sp³-hybridized carbons (Fsp3) is 0.474. The highest BCUT2D eigenvalue weighted by molar-refractivity contribution is 7.13. The zero-order valence-corrected chi connectivity index (χ0v) is 16.7. The molecule has 0 radical (unpaired) electrons. The molecule has 0 saturated heterocycles. The molecule has 3 aromatic heterocycles. The molecule has 1 saturated carbocycles. The Hall–Kier alpha value is -2.48. The summed E-state index contributed by atoms with van der Waals surface area (Å²) in [5.74, 6) is 0.693. The van der Waals surface area contributed by atoms with Crippen molar-refractivity contribution < 1.29 is 0 Å². The van der Waals surface area contributed by atoms with Crippen LogP contribution in [0, 0.1) is 20.8 Å². The van der Waals surface area contributed by atoms with Crippen LogP contribution in [0.15, 0.2) is 28.4 Å². The fourth-order valence-corrected chi connectivity index (χ4v) is 4.48. The maximum absolute atomic E-state index is 12.4. The first-order chi connectivity index (χ1) is 13.0. The second-order valence-electron chi connectivity index (χ2n) is 7.26. The van der Waals surface area contributed by atoms with Crippen LogP contribution < -0.4 is 10.9 Å². The monoisotopic (exact) mass is 384 g/mol. The van der Waals surface area contributed by atoms with Crippen LogP contribution in [-0.2, 0) is 0 Å². The summed E-state index contributed by atoms with van der Waals surface area (Å²) < 4.78 is 3.44. The van der Waals surface area contributed by atoms with Crippen LogP contribution in [0.4, 0.5) is 5.13 Å². The van der Waals surface area contributed by atoms with E-state index in [1.807, 2.05) is 26.8 Å². The van der Waals surface area contributed by atoms with Crippen molar-refractivity contribution in [3.8, 4) is 5.82 Å². The normalized spacial score (nSPS) is 20.0. The zero-order chi connectivity index (χ0) is 19.0. The maximum atomic E-state index is 12.4. The van der Waals surface area contributed by atoms with E-state index in [2.05, 4.69) is 25.9 Å². The highest BCUT2D eigenvalue weighted by atomic mass is 32.1. The topological polar surface area (TPSA) is 77.6 Å².